The first-order valence-electron chi connectivity index (χ1n) is 7.34. The molecule has 1 aromatic carbocycles. The van der Waals surface area contributed by atoms with Gasteiger partial charge in [-0.05, 0) is 6.42 Å². The number of imidazole rings is 1. The molecule has 110 valence electrons. The second-order valence-corrected chi connectivity index (χ2v) is 6.14. The predicted octanol–water partition coefficient (Wildman–Crippen LogP) is 3.07. The van der Waals surface area contributed by atoms with Crippen LogP contribution in [0.3, 0.4) is 0 Å². The molecule has 0 saturated heterocycles. The molecule has 1 N–H and O–H groups in total. The van der Waals surface area contributed by atoms with Crippen LogP contribution in [0.4, 0.5) is 0 Å². The van der Waals surface area contributed by atoms with Gasteiger partial charge in [0.1, 0.15) is 0 Å². The van der Waals surface area contributed by atoms with Crippen LogP contribution in [0.1, 0.15) is 25.5 Å². The van der Waals surface area contributed by atoms with Crippen LogP contribution in [0.15, 0.2) is 35.5 Å². The standard InChI is InChI=1S/C16H19N3OS/c1-2-6-14(20)17-11-13-15(12-7-4-3-5-8-12)18-16-19(13)9-10-21-16/h3-5,7-8H,2,6,9-11H2,1H3,(H,17,20). The second kappa shape index (κ2) is 6.35. The van der Waals surface area contributed by atoms with Crippen molar-refractivity contribution < 1.29 is 4.79 Å². The fraction of sp³-hybridized carbons (Fsp3) is 0.375. The van der Waals surface area contributed by atoms with E-state index in [4.69, 9.17) is 4.98 Å². The molecule has 1 aliphatic rings. The van der Waals surface area contributed by atoms with Crippen LogP contribution in [0, 0.1) is 0 Å². The summed E-state index contributed by atoms with van der Waals surface area (Å²) in [5, 5.41) is 4.08. The molecule has 0 atom stereocenters. The van der Waals surface area contributed by atoms with E-state index in [0.717, 1.165) is 40.8 Å². The number of aromatic nitrogens is 2. The van der Waals surface area contributed by atoms with Gasteiger partial charge in [0.05, 0.1) is 17.9 Å². The Hall–Kier alpha value is -1.75. The van der Waals surface area contributed by atoms with Crippen molar-refractivity contribution in [3.63, 3.8) is 0 Å². The number of nitrogens with one attached hydrogen (secondary N) is 1. The Morgan fingerprint density at radius 1 is 1.38 bits per heavy atom. The zero-order valence-corrected chi connectivity index (χ0v) is 12.9. The highest BCUT2D eigenvalue weighted by Gasteiger charge is 2.22. The maximum Gasteiger partial charge on any atom is 0.220 e. The summed E-state index contributed by atoms with van der Waals surface area (Å²) in [6.45, 7) is 3.54. The molecule has 1 amide bonds. The van der Waals surface area contributed by atoms with Crippen molar-refractivity contribution in [3.05, 3.63) is 36.0 Å². The molecule has 0 radical (unpaired) electrons. The normalized spacial score (nSPS) is 13.2. The van der Waals surface area contributed by atoms with E-state index in [2.05, 4.69) is 22.0 Å². The lowest BCUT2D eigenvalue weighted by molar-refractivity contribution is -0.121. The van der Waals surface area contributed by atoms with Crippen molar-refractivity contribution in [2.45, 2.75) is 38.0 Å². The molecule has 0 saturated carbocycles. The van der Waals surface area contributed by atoms with Crippen LogP contribution < -0.4 is 5.32 Å². The molecule has 0 fully saturated rings. The number of carbonyl (C=O) groups is 1. The van der Waals surface area contributed by atoms with Crippen molar-refractivity contribution in [2.75, 3.05) is 5.75 Å². The van der Waals surface area contributed by atoms with Gasteiger partial charge in [0.2, 0.25) is 5.91 Å². The van der Waals surface area contributed by atoms with Crippen molar-refractivity contribution >= 4 is 17.7 Å². The summed E-state index contributed by atoms with van der Waals surface area (Å²) in [5.74, 6) is 1.17. The number of nitrogens with zero attached hydrogens (tertiary/aromatic N) is 2. The summed E-state index contributed by atoms with van der Waals surface area (Å²) in [6.07, 6.45) is 1.45. The molecule has 1 aliphatic heterocycles. The molecule has 21 heavy (non-hydrogen) atoms. The third-order valence-electron chi connectivity index (χ3n) is 3.56. The van der Waals surface area contributed by atoms with E-state index in [-0.39, 0.29) is 5.91 Å². The quantitative estimate of drug-likeness (QED) is 0.923. The van der Waals surface area contributed by atoms with Crippen molar-refractivity contribution in [3.8, 4) is 11.3 Å². The highest BCUT2D eigenvalue weighted by molar-refractivity contribution is 7.99. The Labute approximate surface area is 129 Å². The van der Waals surface area contributed by atoms with Gasteiger partial charge >= 0.3 is 0 Å². The zero-order valence-electron chi connectivity index (χ0n) is 12.1. The van der Waals surface area contributed by atoms with Crippen molar-refractivity contribution in [1.29, 1.82) is 0 Å². The van der Waals surface area contributed by atoms with Crippen LogP contribution in [-0.2, 0) is 17.9 Å². The van der Waals surface area contributed by atoms with E-state index < -0.39 is 0 Å². The van der Waals surface area contributed by atoms with Gasteiger partial charge in [-0.3, -0.25) is 4.79 Å². The largest absolute Gasteiger partial charge is 0.350 e. The molecule has 3 rings (SSSR count). The number of amides is 1. The minimum atomic E-state index is 0.109. The predicted molar refractivity (Wildman–Crippen MR) is 85.1 cm³/mol. The number of hydrogen-bond donors (Lipinski definition) is 1. The third-order valence-corrected chi connectivity index (χ3v) is 4.52. The third kappa shape index (κ3) is 2.97. The number of rotatable bonds is 5. The number of carbonyl (C=O) groups excluding carboxylic acids is 1. The molecule has 0 aliphatic carbocycles. The summed E-state index contributed by atoms with van der Waals surface area (Å²) in [5.41, 5.74) is 3.22. The Morgan fingerprint density at radius 3 is 2.95 bits per heavy atom. The highest BCUT2D eigenvalue weighted by Crippen LogP contribution is 2.33. The van der Waals surface area contributed by atoms with E-state index in [9.17, 15) is 4.79 Å². The molecule has 2 heterocycles. The maximum atomic E-state index is 11.7. The molecule has 4 nitrogen and oxygen atoms in total. The SMILES string of the molecule is CCCC(=O)NCc1c(-c2ccccc2)nc2n1CCS2. The number of benzene rings is 1. The number of hydrogen-bond acceptors (Lipinski definition) is 3. The van der Waals surface area contributed by atoms with Crippen molar-refractivity contribution in [2.24, 2.45) is 0 Å². The lowest BCUT2D eigenvalue weighted by Crippen LogP contribution is -2.24. The van der Waals surface area contributed by atoms with Crippen LogP contribution >= 0.6 is 11.8 Å². The zero-order chi connectivity index (χ0) is 14.7. The van der Waals surface area contributed by atoms with Crippen molar-refractivity contribution in [1.82, 2.24) is 14.9 Å². The molecular formula is C16H19N3OS. The summed E-state index contributed by atoms with van der Waals surface area (Å²) in [6, 6.07) is 10.2. The first-order chi connectivity index (χ1) is 10.3. The van der Waals surface area contributed by atoms with Gasteiger partial charge in [-0.25, -0.2) is 4.98 Å². The Bertz CT molecular complexity index is 636. The van der Waals surface area contributed by atoms with Crippen LogP contribution in [0.25, 0.3) is 11.3 Å². The lowest BCUT2D eigenvalue weighted by Gasteiger charge is -2.09. The van der Waals surface area contributed by atoms with Gasteiger partial charge in [-0.15, -0.1) is 0 Å². The van der Waals surface area contributed by atoms with Gasteiger partial charge in [0.15, 0.2) is 5.16 Å². The summed E-state index contributed by atoms with van der Waals surface area (Å²) in [4.78, 5) is 16.5. The van der Waals surface area contributed by atoms with Gasteiger partial charge in [0.25, 0.3) is 0 Å². The molecular weight excluding hydrogens is 282 g/mol. The molecule has 0 unspecified atom stereocenters. The fourth-order valence-electron chi connectivity index (χ4n) is 2.54. The molecule has 0 spiro atoms. The van der Waals surface area contributed by atoms with Gasteiger partial charge < -0.3 is 9.88 Å². The van der Waals surface area contributed by atoms with Crippen LogP contribution in [-0.4, -0.2) is 21.2 Å². The molecule has 5 heteroatoms. The van der Waals surface area contributed by atoms with E-state index >= 15 is 0 Å². The smallest absolute Gasteiger partial charge is 0.220 e. The highest BCUT2D eigenvalue weighted by atomic mass is 32.2. The Kier molecular flexibility index (Phi) is 4.29. The number of thioether (sulfide) groups is 1. The first-order valence-corrected chi connectivity index (χ1v) is 8.32. The average molecular weight is 301 g/mol. The average Bonchev–Trinajstić information content (AvgIpc) is 3.07. The molecule has 2 aromatic rings. The summed E-state index contributed by atoms with van der Waals surface area (Å²) >= 11 is 1.78. The first kappa shape index (κ1) is 14.2. The Morgan fingerprint density at radius 2 is 2.19 bits per heavy atom. The van der Waals surface area contributed by atoms with Gasteiger partial charge in [-0.1, -0.05) is 49.0 Å². The maximum absolute atomic E-state index is 11.7. The molecule has 1 aromatic heterocycles. The lowest BCUT2D eigenvalue weighted by atomic mass is 10.1. The summed E-state index contributed by atoms with van der Waals surface area (Å²) < 4.78 is 2.24. The minimum Gasteiger partial charge on any atom is -0.350 e. The Balaban J connectivity index is 1.89. The van der Waals surface area contributed by atoms with Crippen LogP contribution in [0.2, 0.25) is 0 Å². The molecule has 0 bridgehead atoms. The van der Waals surface area contributed by atoms with Gasteiger partial charge in [-0.2, -0.15) is 0 Å². The second-order valence-electron chi connectivity index (χ2n) is 5.08. The van der Waals surface area contributed by atoms with E-state index in [0.29, 0.717) is 13.0 Å². The monoisotopic (exact) mass is 301 g/mol. The number of fused-ring (bicyclic) bond motifs is 1. The van der Waals surface area contributed by atoms with Crippen LogP contribution in [0.5, 0.6) is 0 Å². The van der Waals surface area contributed by atoms with E-state index in [1.54, 1.807) is 11.8 Å². The van der Waals surface area contributed by atoms with E-state index in [1.165, 1.54) is 0 Å². The summed E-state index contributed by atoms with van der Waals surface area (Å²) in [7, 11) is 0. The van der Waals surface area contributed by atoms with Gasteiger partial charge in [0, 0.05) is 24.3 Å². The van der Waals surface area contributed by atoms with E-state index in [1.807, 2.05) is 25.1 Å². The minimum absolute atomic E-state index is 0.109. The topological polar surface area (TPSA) is 46.9 Å². The fourth-order valence-corrected chi connectivity index (χ4v) is 3.51.